The number of nitrogens with two attached hydrogens (primary N) is 1. The highest BCUT2D eigenvalue weighted by Crippen LogP contribution is 2.42. The number of benzene rings is 1. The average molecular weight is 300 g/mol. The second-order valence-corrected chi connectivity index (χ2v) is 5.60. The van der Waals surface area contributed by atoms with Crippen LogP contribution in [0.25, 0.3) is 0 Å². The van der Waals surface area contributed by atoms with Crippen molar-refractivity contribution < 1.29 is 18.0 Å². The van der Waals surface area contributed by atoms with E-state index in [1.807, 2.05) is 0 Å². The fourth-order valence-corrected chi connectivity index (χ4v) is 2.84. The zero-order valence-corrected chi connectivity index (χ0v) is 11.8. The minimum absolute atomic E-state index is 0.0253. The van der Waals surface area contributed by atoms with Crippen LogP contribution < -0.4 is 11.1 Å². The van der Waals surface area contributed by atoms with Crippen molar-refractivity contribution in [3.63, 3.8) is 0 Å². The number of alkyl halides is 3. The molecular formula is C15H19F3N2O. The Morgan fingerprint density at radius 3 is 2.62 bits per heavy atom. The number of hydrogen-bond acceptors (Lipinski definition) is 2. The predicted molar refractivity (Wildman–Crippen MR) is 75.7 cm³/mol. The molecule has 1 aromatic rings. The lowest BCUT2D eigenvalue weighted by Gasteiger charge is -2.32. The van der Waals surface area contributed by atoms with Gasteiger partial charge in [-0.3, -0.25) is 4.79 Å². The number of carbonyl (C=O) groups is 1. The SMILES string of the molecule is Cc1ccc(N)cc1NC(=O)C1CCCCC1C(F)(F)F. The summed E-state index contributed by atoms with van der Waals surface area (Å²) >= 11 is 0. The normalized spacial score (nSPS) is 22.9. The molecule has 1 aliphatic rings. The van der Waals surface area contributed by atoms with E-state index in [1.54, 1.807) is 25.1 Å². The van der Waals surface area contributed by atoms with Crippen LogP contribution >= 0.6 is 0 Å². The maximum atomic E-state index is 13.0. The molecule has 21 heavy (non-hydrogen) atoms. The highest BCUT2D eigenvalue weighted by Gasteiger charge is 2.48. The van der Waals surface area contributed by atoms with E-state index >= 15 is 0 Å². The number of hydrogen-bond donors (Lipinski definition) is 2. The monoisotopic (exact) mass is 300 g/mol. The van der Waals surface area contributed by atoms with Gasteiger partial charge in [-0.1, -0.05) is 18.9 Å². The van der Waals surface area contributed by atoms with Gasteiger partial charge in [0.1, 0.15) is 0 Å². The molecule has 0 radical (unpaired) electrons. The van der Waals surface area contributed by atoms with Crippen LogP contribution in [-0.4, -0.2) is 12.1 Å². The van der Waals surface area contributed by atoms with Crippen LogP contribution in [0.3, 0.4) is 0 Å². The van der Waals surface area contributed by atoms with Crippen molar-refractivity contribution in [2.24, 2.45) is 11.8 Å². The van der Waals surface area contributed by atoms with Gasteiger partial charge in [-0.05, 0) is 37.5 Å². The molecule has 0 aliphatic heterocycles. The van der Waals surface area contributed by atoms with Crippen molar-refractivity contribution in [3.05, 3.63) is 23.8 Å². The lowest BCUT2D eigenvalue weighted by atomic mass is 9.78. The van der Waals surface area contributed by atoms with Crippen molar-refractivity contribution in [1.29, 1.82) is 0 Å². The standard InChI is InChI=1S/C15H19F3N2O/c1-9-6-7-10(19)8-13(9)20-14(21)11-4-2-3-5-12(11)15(16,17)18/h6-8,11-12H,2-5,19H2,1H3,(H,20,21). The second-order valence-electron chi connectivity index (χ2n) is 5.60. The molecule has 116 valence electrons. The molecule has 6 heteroatoms. The number of aryl methyl sites for hydroxylation is 1. The van der Waals surface area contributed by atoms with E-state index in [1.165, 1.54) is 0 Å². The van der Waals surface area contributed by atoms with Crippen molar-refractivity contribution in [1.82, 2.24) is 0 Å². The Kier molecular flexibility index (Phi) is 4.44. The molecule has 1 aromatic carbocycles. The molecule has 3 N–H and O–H groups in total. The third kappa shape index (κ3) is 3.68. The minimum Gasteiger partial charge on any atom is -0.399 e. The second kappa shape index (κ2) is 5.95. The highest BCUT2D eigenvalue weighted by atomic mass is 19.4. The van der Waals surface area contributed by atoms with Gasteiger partial charge in [0.25, 0.3) is 0 Å². The Bertz CT molecular complexity index is 528. The molecule has 0 aromatic heterocycles. The van der Waals surface area contributed by atoms with Crippen LogP contribution in [0.1, 0.15) is 31.2 Å². The summed E-state index contributed by atoms with van der Waals surface area (Å²) in [5, 5.41) is 2.60. The zero-order valence-electron chi connectivity index (χ0n) is 11.8. The number of halogens is 3. The molecule has 0 spiro atoms. The molecule has 2 rings (SSSR count). The zero-order chi connectivity index (χ0) is 15.6. The Hall–Kier alpha value is -1.72. The maximum Gasteiger partial charge on any atom is 0.392 e. The summed E-state index contributed by atoms with van der Waals surface area (Å²) in [4.78, 5) is 12.2. The van der Waals surface area contributed by atoms with Crippen molar-refractivity contribution in [2.45, 2.75) is 38.8 Å². The fraction of sp³-hybridized carbons (Fsp3) is 0.533. The van der Waals surface area contributed by atoms with Crippen LogP contribution in [0.5, 0.6) is 0 Å². The minimum atomic E-state index is -4.33. The summed E-state index contributed by atoms with van der Waals surface area (Å²) in [7, 11) is 0. The summed E-state index contributed by atoms with van der Waals surface area (Å²) in [5.41, 5.74) is 7.36. The summed E-state index contributed by atoms with van der Waals surface area (Å²) < 4.78 is 39.1. The average Bonchev–Trinajstić information content (AvgIpc) is 2.42. The molecule has 2 unspecified atom stereocenters. The molecule has 1 fully saturated rings. The summed E-state index contributed by atoms with van der Waals surface area (Å²) in [6.45, 7) is 1.77. The van der Waals surface area contributed by atoms with Gasteiger partial charge in [0, 0.05) is 17.3 Å². The number of amides is 1. The largest absolute Gasteiger partial charge is 0.399 e. The van der Waals surface area contributed by atoms with E-state index in [0.29, 0.717) is 24.2 Å². The van der Waals surface area contributed by atoms with E-state index < -0.39 is 23.9 Å². The highest BCUT2D eigenvalue weighted by molar-refractivity contribution is 5.94. The third-order valence-corrected chi connectivity index (χ3v) is 4.04. The Morgan fingerprint density at radius 2 is 1.95 bits per heavy atom. The Morgan fingerprint density at radius 1 is 1.29 bits per heavy atom. The topological polar surface area (TPSA) is 55.1 Å². The van der Waals surface area contributed by atoms with Gasteiger partial charge >= 0.3 is 6.18 Å². The first-order chi connectivity index (χ1) is 9.79. The molecule has 0 heterocycles. The van der Waals surface area contributed by atoms with Gasteiger partial charge in [-0.25, -0.2) is 0 Å². The molecule has 1 saturated carbocycles. The van der Waals surface area contributed by atoms with E-state index in [0.717, 1.165) is 5.56 Å². The number of rotatable bonds is 2. The lowest BCUT2D eigenvalue weighted by Crippen LogP contribution is -2.39. The molecule has 3 nitrogen and oxygen atoms in total. The molecular weight excluding hydrogens is 281 g/mol. The van der Waals surface area contributed by atoms with Gasteiger partial charge in [-0.2, -0.15) is 13.2 Å². The maximum absolute atomic E-state index is 13.0. The van der Waals surface area contributed by atoms with Gasteiger partial charge in [0.2, 0.25) is 5.91 Å². The summed E-state index contributed by atoms with van der Waals surface area (Å²) in [6.07, 6.45) is -2.85. The number of anilines is 2. The summed E-state index contributed by atoms with van der Waals surface area (Å²) in [6, 6.07) is 4.98. The molecule has 1 amide bonds. The van der Waals surface area contributed by atoms with E-state index in [9.17, 15) is 18.0 Å². The number of carbonyl (C=O) groups excluding carboxylic acids is 1. The van der Waals surface area contributed by atoms with Gasteiger partial charge in [0.05, 0.1) is 5.92 Å². The van der Waals surface area contributed by atoms with Crippen LogP contribution in [0, 0.1) is 18.8 Å². The van der Waals surface area contributed by atoms with Crippen molar-refractivity contribution in [3.8, 4) is 0 Å². The van der Waals surface area contributed by atoms with Crippen LogP contribution in [0.4, 0.5) is 24.5 Å². The van der Waals surface area contributed by atoms with Crippen LogP contribution in [-0.2, 0) is 4.79 Å². The first-order valence-corrected chi connectivity index (χ1v) is 7.02. The predicted octanol–water partition coefficient (Wildman–Crippen LogP) is 3.88. The van der Waals surface area contributed by atoms with Crippen LogP contribution in [0.15, 0.2) is 18.2 Å². The van der Waals surface area contributed by atoms with Crippen LogP contribution in [0.2, 0.25) is 0 Å². The summed E-state index contributed by atoms with van der Waals surface area (Å²) in [5.74, 6) is -3.13. The number of nitrogens with one attached hydrogen (secondary N) is 1. The Labute approximate surface area is 121 Å². The van der Waals surface area contributed by atoms with E-state index in [2.05, 4.69) is 5.32 Å². The first-order valence-electron chi connectivity index (χ1n) is 7.02. The third-order valence-electron chi connectivity index (χ3n) is 4.04. The van der Waals surface area contributed by atoms with E-state index in [4.69, 9.17) is 5.73 Å². The van der Waals surface area contributed by atoms with Gasteiger partial charge in [-0.15, -0.1) is 0 Å². The van der Waals surface area contributed by atoms with Crippen molar-refractivity contribution >= 4 is 17.3 Å². The van der Waals surface area contributed by atoms with Gasteiger partial charge < -0.3 is 11.1 Å². The quantitative estimate of drug-likeness (QED) is 0.814. The molecule has 1 aliphatic carbocycles. The van der Waals surface area contributed by atoms with Crippen molar-refractivity contribution in [2.75, 3.05) is 11.1 Å². The first kappa shape index (κ1) is 15.7. The fourth-order valence-electron chi connectivity index (χ4n) is 2.84. The molecule has 0 saturated heterocycles. The lowest BCUT2D eigenvalue weighted by molar-refractivity contribution is -0.197. The molecule has 2 atom stereocenters. The van der Waals surface area contributed by atoms with E-state index in [-0.39, 0.29) is 12.8 Å². The Balaban J connectivity index is 2.16. The smallest absolute Gasteiger partial charge is 0.392 e. The molecule has 0 bridgehead atoms. The number of nitrogen functional groups attached to an aromatic ring is 1. The van der Waals surface area contributed by atoms with Gasteiger partial charge in [0.15, 0.2) is 0 Å².